The van der Waals surface area contributed by atoms with Gasteiger partial charge in [-0.3, -0.25) is 14.8 Å². The molecule has 0 bridgehead atoms. The van der Waals surface area contributed by atoms with E-state index in [1.165, 1.54) is 23.7 Å². The minimum atomic E-state index is -0.595. The van der Waals surface area contributed by atoms with Gasteiger partial charge in [-0.1, -0.05) is 11.8 Å². The molecule has 0 radical (unpaired) electrons. The second kappa shape index (κ2) is 5.30. The van der Waals surface area contributed by atoms with Crippen molar-refractivity contribution in [3.05, 3.63) is 45.4 Å². The summed E-state index contributed by atoms with van der Waals surface area (Å²) >= 11 is 0.910. The molecule has 0 aliphatic rings. The number of aryl methyl sites for hydroxylation is 2. The van der Waals surface area contributed by atoms with Crippen LogP contribution < -0.4 is 0 Å². The molecular formula is C12H9FN4O2S. The van der Waals surface area contributed by atoms with Crippen LogP contribution in [0.5, 0.6) is 0 Å². The molecule has 1 aromatic heterocycles. The molecular weight excluding hydrogens is 283 g/mol. The molecule has 1 heterocycles. The third-order valence-electron chi connectivity index (χ3n) is 2.59. The topological polar surface area (TPSA) is 84.8 Å². The molecule has 2 aromatic rings. The lowest BCUT2D eigenvalue weighted by Crippen LogP contribution is -1.95. The maximum atomic E-state index is 13.8. The van der Waals surface area contributed by atoms with Gasteiger partial charge in [0.2, 0.25) is 0 Å². The standard InChI is InChI=1S/C12H9FN4O2S/c1-7-11(17(18)19)12(16(2)15-7)20-10-4-3-8(6-14)5-9(10)13/h3-5H,1-2H3. The van der Waals surface area contributed by atoms with Crippen LogP contribution in [0, 0.1) is 34.2 Å². The lowest BCUT2D eigenvalue weighted by Gasteiger charge is -2.03. The molecule has 0 saturated heterocycles. The number of hydrogen-bond acceptors (Lipinski definition) is 5. The van der Waals surface area contributed by atoms with Gasteiger partial charge in [0, 0.05) is 11.9 Å². The van der Waals surface area contributed by atoms with E-state index in [0.717, 1.165) is 17.8 Å². The number of rotatable bonds is 3. The Labute approximate surface area is 118 Å². The van der Waals surface area contributed by atoms with E-state index < -0.39 is 10.7 Å². The third kappa shape index (κ3) is 2.48. The average molecular weight is 292 g/mol. The smallest absolute Gasteiger partial charge is 0.258 e. The highest BCUT2D eigenvalue weighted by Crippen LogP contribution is 2.37. The zero-order valence-corrected chi connectivity index (χ0v) is 11.4. The van der Waals surface area contributed by atoms with E-state index in [9.17, 15) is 14.5 Å². The van der Waals surface area contributed by atoms with Crippen molar-refractivity contribution in [2.24, 2.45) is 7.05 Å². The Balaban J connectivity index is 2.46. The SMILES string of the molecule is Cc1nn(C)c(Sc2ccc(C#N)cc2F)c1[N+](=O)[O-]. The van der Waals surface area contributed by atoms with E-state index in [1.54, 1.807) is 7.05 Å². The van der Waals surface area contributed by atoms with E-state index in [2.05, 4.69) is 5.10 Å². The van der Waals surface area contributed by atoms with Crippen molar-refractivity contribution in [2.75, 3.05) is 0 Å². The monoisotopic (exact) mass is 292 g/mol. The van der Waals surface area contributed by atoms with Gasteiger partial charge in [0.25, 0.3) is 0 Å². The van der Waals surface area contributed by atoms with Gasteiger partial charge in [-0.2, -0.15) is 10.4 Å². The van der Waals surface area contributed by atoms with E-state index >= 15 is 0 Å². The predicted octanol–water partition coefficient (Wildman–Crippen LogP) is 2.80. The largest absolute Gasteiger partial charge is 0.324 e. The Morgan fingerprint density at radius 3 is 2.80 bits per heavy atom. The quantitative estimate of drug-likeness (QED) is 0.641. The summed E-state index contributed by atoms with van der Waals surface area (Å²) in [5.41, 5.74) is 0.331. The van der Waals surface area contributed by atoms with E-state index in [4.69, 9.17) is 5.26 Å². The molecule has 0 aliphatic heterocycles. The highest BCUT2D eigenvalue weighted by Gasteiger charge is 2.25. The Kier molecular flexibility index (Phi) is 3.72. The lowest BCUT2D eigenvalue weighted by molar-refractivity contribution is -0.388. The van der Waals surface area contributed by atoms with Gasteiger partial charge >= 0.3 is 5.69 Å². The number of benzene rings is 1. The second-order valence-corrected chi connectivity index (χ2v) is 5.01. The van der Waals surface area contributed by atoms with Crippen LogP contribution in [-0.4, -0.2) is 14.7 Å². The Hall–Kier alpha value is -2.40. The van der Waals surface area contributed by atoms with Gasteiger partial charge in [0.1, 0.15) is 11.5 Å². The molecule has 102 valence electrons. The summed E-state index contributed by atoms with van der Waals surface area (Å²) in [6.07, 6.45) is 0. The first-order chi connectivity index (χ1) is 9.43. The zero-order valence-electron chi connectivity index (χ0n) is 10.6. The van der Waals surface area contributed by atoms with Crippen molar-refractivity contribution in [2.45, 2.75) is 16.8 Å². The van der Waals surface area contributed by atoms with Crippen molar-refractivity contribution in [3.8, 4) is 6.07 Å². The molecule has 0 unspecified atom stereocenters. The molecule has 6 nitrogen and oxygen atoms in total. The van der Waals surface area contributed by atoms with E-state index in [1.807, 2.05) is 6.07 Å². The second-order valence-electron chi connectivity index (χ2n) is 3.98. The Bertz CT molecular complexity index is 736. The summed E-state index contributed by atoms with van der Waals surface area (Å²) in [5, 5.41) is 23.9. The van der Waals surface area contributed by atoms with Gasteiger partial charge < -0.3 is 0 Å². The molecule has 0 amide bonds. The van der Waals surface area contributed by atoms with Crippen LogP contribution in [0.3, 0.4) is 0 Å². The van der Waals surface area contributed by atoms with Crippen LogP contribution in [0.4, 0.5) is 10.1 Å². The number of nitrogens with zero attached hydrogens (tertiary/aromatic N) is 4. The Morgan fingerprint density at radius 2 is 2.25 bits per heavy atom. The fraction of sp³-hybridized carbons (Fsp3) is 0.167. The van der Waals surface area contributed by atoms with E-state index in [0.29, 0.717) is 0 Å². The lowest BCUT2D eigenvalue weighted by atomic mass is 10.2. The average Bonchev–Trinajstić information content (AvgIpc) is 2.66. The number of aromatic nitrogens is 2. The summed E-state index contributed by atoms with van der Waals surface area (Å²) < 4.78 is 15.2. The van der Waals surface area contributed by atoms with Crippen molar-refractivity contribution >= 4 is 17.4 Å². The molecule has 0 fully saturated rings. The first kappa shape index (κ1) is 14.0. The first-order valence-corrected chi connectivity index (χ1v) is 6.31. The summed E-state index contributed by atoms with van der Waals surface area (Å²) in [6.45, 7) is 1.53. The normalized spacial score (nSPS) is 10.3. The van der Waals surface area contributed by atoms with Crippen molar-refractivity contribution in [1.29, 1.82) is 5.26 Å². The minimum absolute atomic E-state index is 0.138. The van der Waals surface area contributed by atoms with Crippen molar-refractivity contribution in [3.63, 3.8) is 0 Å². The molecule has 0 spiro atoms. The zero-order chi connectivity index (χ0) is 14.9. The summed E-state index contributed by atoms with van der Waals surface area (Å²) in [7, 11) is 1.56. The minimum Gasteiger partial charge on any atom is -0.258 e. The van der Waals surface area contributed by atoms with Gasteiger partial charge in [-0.25, -0.2) is 4.39 Å². The van der Waals surface area contributed by atoms with Crippen LogP contribution in [0.15, 0.2) is 28.1 Å². The van der Waals surface area contributed by atoms with Gasteiger partial charge in [0.05, 0.1) is 16.6 Å². The molecule has 0 atom stereocenters. The number of halogens is 1. The summed E-state index contributed by atoms with van der Waals surface area (Å²) in [4.78, 5) is 10.7. The van der Waals surface area contributed by atoms with E-state index in [-0.39, 0.29) is 26.9 Å². The summed E-state index contributed by atoms with van der Waals surface area (Å²) in [6, 6.07) is 5.80. The van der Waals surface area contributed by atoms with Crippen molar-refractivity contribution < 1.29 is 9.31 Å². The highest BCUT2D eigenvalue weighted by atomic mass is 32.2. The van der Waals surface area contributed by atoms with Crippen LogP contribution in [-0.2, 0) is 7.05 Å². The third-order valence-corrected chi connectivity index (χ3v) is 3.79. The summed E-state index contributed by atoms with van der Waals surface area (Å²) in [5.74, 6) is -0.595. The van der Waals surface area contributed by atoms with Crippen molar-refractivity contribution in [1.82, 2.24) is 9.78 Å². The van der Waals surface area contributed by atoms with Crippen LogP contribution in [0.25, 0.3) is 0 Å². The fourth-order valence-electron chi connectivity index (χ4n) is 1.71. The first-order valence-electron chi connectivity index (χ1n) is 5.49. The van der Waals surface area contributed by atoms with Gasteiger partial charge in [-0.15, -0.1) is 0 Å². The Morgan fingerprint density at radius 1 is 1.55 bits per heavy atom. The molecule has 2 rings (SSSR count). The van der Waals surface area contributed by atoms with Crippen LogP contribution in [0.1, 0.15) is 11.3 Å². The molecule has 0 N–H and O–H groups in total. The highest BCUT2D eigenvalue weighted by molar-refractivity contribution is 7.99. The number of nitriles is 1. The predicted molar refractivity (Wildman–Crippen MR) is 69.8 cm³/mol. The maximum Gasteiger partial charge on any atom is 0.324 e. The van der Waals surface area contributed by atoms with Crippen LogP contribution >= 0.6 is 11.8 Å². The maximum absolute atomic E-state index is 13.8. The fourth-order valence-corrected chi connectivity index (χ4v) is 2.70. The van der Waals surface area contributed by atoms with Crippen LogP contribution in [0.2, 0.25) is 0 Å². The van der Waals surface area contributed by atoms with Gasteiger partial charge in [0.15, 0.2) is 5.03 Å². The molecule has 8 heteroatoms. The molecule has 1 aromatic carbocycles. The molecule has 0 aliphatic carbocycles. The number of hydrogen-bond donors (Lipinski definition) is 0. The number of nitro groups is 1. The molecule has 0 saturated carbocycles. The van der Waals surface area contributed by atoms with Gasteiger partial charge in [-0.05, 0) is 25.1 Å². The molecule has 20 heavy (non-hydrogen) atoms.